The van der Waals surface area contributed by atoms with E-state index in [9.17, 15) is 0 Å². The maximum Gasteiger partial charge on any atom is 0.0606 e. The second-order valence-corrected chi connectivity index (χ2v) is 5.77. The Bertz CT molecular complexity index is 275. The number of nitrogen functional groups attached to an aromatic ring is 1. The van der Waals surface area contributed by atoms with Gasteiger partial charge >= 0.3 is 0 Å². The van der Waals surface area contributed by atoms with E-state index in [2.05, 4.69) is 77.0 Å². The molecule has 0 aliphatic carbocycles. The van der Waals surface area contributed by atoms with Crippen LogP contribution in [-0.4, -0.2) is 0 Å². The Morgan fingerprint density at radius 1 is 1.27 bits per heavy atom. The first kappa shape index (κ1) is 10.5. The van der Waals surface area contributed by atoms with Gasteiger partial charge in [-0.05, 0) is 83.1 Å². The third-order valence-corrected chi connectivity index (χ3v) is 6.08. The van der Waals surface area contributed by atoms with Gasteiger partial charge in [-0.15, -0.1) is 0 Å². The molecule has 0 spiro atoms. The van der Waals surface area contributed by atoms with Crippen molar-refractivity contribution in [2.45, 2.75) is 0 Å². The van der Waals surface area contributed by atoms with Gasteiger partial charge in [0.1, 0.15) is 0 Å². The lowest BCUT2D eigenvalue weighted by atomic mass is 10.3. The van der Waals surface area contributed by atoms with Crippen LogP contribution in [0.25, 0.3) is 0 Å². The summed E-state index contributed by atoms with van der Waals surface area (Å²) < 4.78 is 4.24. The van der Waals surface area contributed by atoms with Gasteiger partial charge in [0, 0.05) is 12.5 Å². The minimum Gasteiger partial charge on any atom is -0.397 e. The van der Waals surface area contributed by atoms with Crippen molar-refractivity contribution >= 4 is 82.7 Å². The number of anilines is 1. The molecule has 0 atom stereocenters. The van der Waals surface area contributed by atoms with E-state index < -0.39 is 0 Å². The van der Waals surface area contributed by atoms with Gasteiger partial charge < -0.3 is 5.73 Å². The molecule has 0 amide bonds. The summed E-state index contributed by atoms with van der Waals surface area (Å²) in [6.45, 7) is 0. The van der Waals surface area contributed by atoms with Crippen LogP contribution in [0.15, 0.2) is 15.0 Å². The maximum absolute atomic E-state index is 5.76. The average molecular weight is 503 g/mol. The van der Waals surface area contributed by atoms with Crippen LogP contribution in [0.5, 0.6) is 0 Å². The first-order valence-electron chi connectivity index (χ1n) is 2.62. The van der Waals surface area contributed by atoms with E-state index in [0.29, 0.717) is 0 Å². The summed E-state index contributed by atoms with van der Waals surface area (Å²) in [5, 5.41) is 0. The lowest BCUT2D eigenvalue weighted by Gasteiger charge is -2.05. The van der Waals surface area contributed by atoms with Gasteiger partial charge in [-0.25, -0.2) is 0 Å². The molecule has 0 bridgehead atoms. The lowest BCUT2D eigenvalue weighted by Crippen LogP contribution is -1.93. The Morgan fingerprint density at radius 3 is 2.36 bits per heavy atom. The van der Waals surface area contributed by atoms with E-state index in [0.717, 1.165) is 21.8 Å². The van der Waals surface area contributed by atoms with Crippen LogP contribution >= 0.6 is 77.0 Å². The van der Waals surface area contributed by atoms with Gasteiger partial charge in [0.15, 0.2) is 0 Å². The van der Waals surface area contributed by atoms with E-state index >= 15 is 0 Å². The summed E-state index contributed by atoms with van der Waals surface area (Å²) in [6, 6.07) is 1.99. The average Bonchev–Trinajstić information content (AvgIpc) is 1.97. The summed E-state index contributed by atoms with van der Waals surface area (Å²) in [7, 11) is 0. The normalized spacial score (nSPS) is 10.2. The summed E-state index contributed by atoms with van der Waals surface area (Å²) in [5.74, 6) is 0. The molecule has 0 heterocycles. The van der Waals surface area contributed by atoms with Crippen molar-refractivity contribution in [2.24, 2.45) is 0 Å². The van der Waals surface area contributed by atoms with Crippen molar-refractivity contribution in [1.29, 1.82) is 0 Å². The summed E-state index contributed by atoms with van der Waals surface area (Å²) in [4.78, 5) is 0. The van der Waals surface area contributed by atoms with Crippen molar-refractivity contribution in [3.05, 3.63) is 22.2 Å². The monoisotopic (exact) mass is 501 g/mol. The third kappa shape index (κ3) is 2.22. The van der Waals surface area contributed by atoms with Crippen LogP contribution in [-0.2, 0) is 0 Å². The molecule has 0 aromatic heterocycles. The Kier molecular flexibility index (Phi) is 3.92. The van der Waals surface area contributed by atoms with E-state index in [1.165, 1.54) is 0 Å². The number of rotatable bonds is 0. The first-order chi connectivity index (χ1) is 5.04. The molecule has 0 aliphatic rings. The second-order valence-electron chi connectivity index (χ2n) is 1.88. The third-order valence-electron chi connectivity index (χ3n) is 1.15. The zero-order chi connectivity index (χ0) is 8.59. The molecule has 0 fully saturated rings. The molecule has 0 radical (unpaired) electrons. The first-order valence-corrected chi connectivity index (χ1v) is 6.37. The number of halogens is 4. The fourth-order valence-corrected chi connectivity index (χ4v) is 3.81. The van der Waals surface area contributed by atoms with Crippen LogP contribution in [0, 0.1) is 7.14 Å². The standard InChI is InChI=1S/C6H3Br2I2N/c7-2-1-3(9)4(8)5(10)6(2)11/h1H,11H2. The predicted octanol–water partition coefficient (Wildman–Crippen LogP) is 4.00. The highest BCUT2D eigenvalue weighted by Crippen LogP contribution is 2.34. The summed E-state index contributed by atoms with van der Waals surface area (Å²) in [5.41, 5.74) is 6.55. The molecular formula is C6H3Br2I2N. The van der Waals surface area contributed by atoms with Crippen molar-refractivity contribution in [3.63, 3.8) is 0 Å². The molecule has 1 aromatic rings. The van der Waals surface area contributed by atoms with Crippen molar-refractivity contribution in [1.82, 2.24) is 0 Å². The highest BCUT2D eigenvalue weighted by atomic mass is 127. The molecular weight excluding hydrogens is 500 g/mol. The molecule has 2 N–H and O–H groups in total. The Morgan fingerprint density at radius 2 is 1.82 bits per heavy atom. The number of hydrogen-bond acceptors (Lipinski definition) is 1. The van der Waals surface area contributed by atoms with Gasteiger partial charge in [0.05, 0.1) is 9.26 Å². The van der Waals surface area contributed by atoms with Crippen molar-refractivity contribution in [3.8, 4) is 0 Å². The van der Waals surface area contributed by atoms with Crippen molar-refractivity contribution < 1.29 is 0 Å². The van der Waals surface area contributed by atoms with Gasteiger partial charge in [0.2, 0.25) is 0 Å². The molecule has 60 valence electrons. The minimum absolute atomic E-state index is 0.790. The van der Waals surface area contributed by atoms with Gasteiger partial charge in [-0.3, -0.25) is 0 Å². The summed E-state index contributed by atoms with van der Waals surface area (Å²) >= 11 is 11.3. The fraction of sp³-hybridized carbons (Fsp3) is 0. The van der Waals surface area contributed by atoms with Gasteiger partial charge in [0.25, 0.3) is 0 Å². The maximum atomic E-state index is 5.76. The van der Waals surface area contributed by atoms with E-state index in [1.807, 2.05) is 6.07 Å². The molecule has 1 nitrogen and oxygen atoms in total. The van der Waals surface area contributed by atoms with E-state index in [1.54, 1.807) is 0 Å². The molecule has 0 aliphatic heterocycles. The van der Waals surface area contributed by atoms with E-state index in [4.69, 9.17) is 5.73 Å². The molecule has 1 rings (SSSR count). The quantitative estimate of drug-likeness (QED) is 0.247. The molecule has 0 saturated heterocycles. The van der Waals surface area contributed by atoms with Gasteiger partial charge in [-0.1, -0.05) is 0 Å². The Balaban J connectivity index is 3.46. The fourth-order valence-electron chi connectivity index (χ4n) is 0.580. The molecule has 0 saturated carbocycles. The lowest BCUT2D eigenvalue weighted by molar-refractivity contribution is 1.49. The smallest absolute Gasteiger partial charge is 0.0606 e. The highest BCUT2D eigenvalue weighted by Gasteiger charge is 2.08. The molecule has 5 heteroatoms. The second kappa shape index (κ2) is 4.10. The largest absolute Gasteiger partial charge is 0.397 e. The number of hydrogen-bond donors (Lipinski definition) is 1. The molecule has 11 heavy (non-hydrogen) atoms. The minimum atomic E-state index is 0.790. The van der Waals surface area contributed by atoms with Crippen LogP contribution in [0.4, 0.5) is 5.69 Å². The van der Waals surface area contributed by atoms with Crippen LogP contribution < -0.4 is 5.73 Å². The Hall–Kier alpha value is 1.44. The highest BCUT2D eigenvalue weighted by molar-refractivity contribution is 14.1. The number of nitrogens with two attached hydrogens (primary N) is 1. The SMILES string of the molecule is Nc1c(Br)cc(I)c(Br)c1I. The number of benzene rings is 1. The van der Waals surface area contributed by atoms with Crippen LogP contribution in [0.1, 0.15) is 0 Å². The van der Waals surface area contributed by atoms with E-state index in [-0.39, 0.29) is 0 Å². The predicted molar refractivity (Wildman–Crippen MR) is 71.7 cm³/mol. The topological polar surface area (TPSA) is 26.0 Å². The molecule has 0 unspecified atom stereocenters. The summed E-state index contributed by atoms with van der Waals surface area (Å²) in [6.07, 6.45) is 0. The van der Waals surface area contributed by atoms with Crippen LogP contribution in [0.2, 0.25) is 0 Å². The molecule has 1 aromatic carbocycles. The zero-order valence-electron chi connectivity index (χ0n) is 5.17. The van der Waals surface area contributed by atoms with Crippen LogP contribution in [0.3, 0.4) is 0 Å². The zero-order valence-corrected chi connectivity index (χ0v) is 12.7. The van der Waals surface area contributed by atoms with Gasteiger partial charge in [-0.2, -0.15) is 0 Å². The Labute approximate surface area is 109 Å². The van der Waals surface area contributed by atoms with Crippen molar-refractivity contribution in [2.75, 3.05) is 5.73 Å².